The van der Waals surface area contributed by atoms with Crippen LogP contribution in [-0.2, 0) is 0 Å². The largest absolute Gasteiger partial charge is 0.397 e. The molecule has 16 heavy (non-hydrogen) atoms. The number of nitrogen functional groups attached to an aromatic ring is 1. The number of halogens is 2. The first kappa shape index (κ1) is 12.2. The number of hydrogen-bond acceptors (Lipinski definition) is 2. The summed E-state index contributed by atoms with van der Waals surface area (Å²) in [5.74, 6) is -1.69. The highest BCUT2D eigenvalue weighted by atomic mass is 19.1. The molecule has 0 radical (unpaired) electrons. The molecule has 0 fully saturated rings. The van der Waals surface area contributed by atoms with Gasteiger partial charge in [0.2, 0.25) is 0 Å². The summed E-state index contributed by atoms with van der Waals surface area (Å²) in [5, 5.41) is 4.71. The molecule has 0 spiro atoms. The van der Waals surface area contributed by atoms with E-state index in [4.69, 9.17) is 5.73 Å². The minimum absolute atomic E-state index is 0.0928. The molecule has 4 nitrogen and oxygen atoms in total. The monoisotopic (exact) mass is 229 g/mol. The minimum Gasteiger partial charge on any atom is -0.397 e. The standard InChI is InChI=1S/C10H13F2N3O/c1-5(2)14-10(16)15-9-7(12)3-6(11)4-8(9)13/h3-5H,13H2,1-2H3,(H2,14,15,16). The maximum atomic E-state index is 13.2. The molecule has 0 saturated carbocycles. The SMILES string of the molecule is CC(C)NC(=O)Nc1c(N)cc(F)cc1F. The van der Waals surface area contributed by atoms with Gasteiger partial charge in [-0.2, -0.15) is 0 Å². The molecule has 2 amide bonds. The third-order valence-electron chi connectivity index (χ3n) is 1.74. The second-order valence-corrected chi connectivity index (χ2v) is 3.61. The molecule has 0 aliphatic heterocycles. The van der Waals surface area contributed by atoms with E-state index in [2.05, 4.69) is 10.6 Å². The van der Waals surface area contributed by atoms with Crippen molar-refractivity contribution in [1.82, 2.24) is 5.32 Å². The molecule has 0 aliphatic rings. The predicted octanol–water partition coefficient (Wildman–Crippen LogP) is 2.08. The summed E-state index contributed by atoms with van der Waals surface area (Å²) in [7, 11) is 0. The highest BCUT2D eigenvalue weighted by Crippen LogP contribution is 2.23. The molecule has 0 atom stereocenters. The van der Waals surface area contributed by atoms with Gasteiger partial charge in [0.25, 0.3) is 0 Å². The molecule has 0 heterocycles. The molecule has 1 aromatic rings. The van der Waals surface area contributed by atoms with Gasteiger partial charge in [-0.05, 0) is 19.9 Å². The fraction of sp³-hybridized carbons (Fsp3) is 0.300. The Kier molecular flexibility index (Phi) is 3.65. The molecular formula is C10H13F2N3O. The van der Waals surface area contributed by atoms with Crippen molar-refractivity contribution < 1.29 is 13.6 Å². The van der Waals surface area contributed by atoms with Crippen LogP contribution in [0.4, 0.5) is 25.0 Å². The van der Waals surface area contributed by atoms with E-state index < -0.39 is 17.7 Å². The lowest BCUT2D eigenvalue weighted by Gasteiger charge is -2.12. The molecule has 0 bridgehead atoms. The van der Waals surface area contributed by atoms with Crippen LogP contribution in [0.25, 0.3) is 0 Å². The van der Waals surface area contributed by atoms with Gasteiger partial charge in [0.05, 0.1) is 5.69 Å². The van der Waals surface area contributed by atoms with Crippen molar-refractivity contribution in [2.24, 2.45) is 0 Å². The van der Waals surface area contributed by atoms with Gasteiger partial charge in [0.1, 0.15) is 11.5 Å². The first-order valence-corrected chi connectivity index (χ1v) is 4.72. The molecule has 1 rings (SSSR count). The lowest BCUT2D eigenvalue weighted by Crippen LogP contribution is -2.34. The number of nitrogens with two attached hydrogens (primary N) is 1. The van der Waals surface area contributed by atoms with Gasteiger partial charge in [-0.15, -0.1) is 0 Å². The summed E-state index contributed by atoms with van der Waals surface area (Å²) in [5.41, 5.74) is 5.00. The third-order valence-corrected chi connectivity index (χ3v) is 1.74. The first-order chi connectivity index (χ1) is 7.40. The van der Waals surface area contributed by atoms with E-state index in [1.54, 1.807) is 13.8 Å². The maximum absolute atomic E-state index is 13.2. The van der Waals surface area contributed by atoms with Crippen molar-refractivity contribution in [3.05, 3.63) is 23.8 Å². The summed E-state index contributed by atoms with van der Waals surface area (Å²) in [6, 6.07) is 0.909. The zero-order chi connectivity index (χ0) is 12.3. The Morgan fingerprint density at radius 2 is 2.00 bits per heavy atom. The number of carbonyl (C=O) groups is 1. The zero-order valence-electron chi connectivity index (χ0n) is 8.97. The van der Waals surface area contributed by atoms with Crippen molar-refractivity contribution in [1.29, 1.82) is 0 Å². The lowest BCUT2D eigenvalue weighted by molar-refractivity contribution is 0.250. The molecule has 1 aromatic carbocycles. The van der Waals surface area contributed by atoms with E-state index in [1.165, 1.54) is 0 Å². The smallest absolute Gasteiger partial charge is 0.319 e. The Labute approximate surface area is 91.8 Å². The summed E-state index contributed by atoms with van der Waals surface area (Å²) >= 11 is 0. The van der Waals surface area contributed by atoms with Crippen LogP contribution in [-0.4, -0.2) is 12.1 Å². The predicted molar refractivity (Wildman–Crippen MR) is 58.1 cm³/mol. The number of urea groups is 1. The van der Waals surface area contributed by atoms with Crippen LogP contribution in [0.2, 0.25) is 0 Å². The minimum atomic E-state index is -0.906. The number of hydrogen-bond donors (Lipinski definition) is 3. The highest BCUT2D eigenvalue weighted by molar-refractivity contribution is 5.92. The maximum Gasteiger partial charge on any atom is 0.319 e. The van der Waals surface area contributed by atoms with E-state index in [0.717, 1.165) is 6.07 Å². The van der Waals surface area contributed by atoms with Crippen molar-refractivity contribution in [2.45, 2.75) is 19.9 Å². The van der Waals surface area contributed by atoms with Crippen molar-refractivity contribution >= 4 is 17.4 Å². The topological polar surface area (TPSA) is 67.2 Å². The Balaban J connectivity index is 2.85. The number of anilines is 2. The quantitative estimate of drug-likeness (QED) is 0.679. The van der Waals surface area contributed by atoms with Crippen molar-refractivity contribution in [3.63, 3.8) is 0 Å². The van der Waals surface area contributed by atoms with Gasteiger partial charge in [-0.1, -0.05) is 0 Å². The molecular weight excluding hydrogens is 216 g/mol. The lowest BCUT2D eigenvalue weighted by atomic mass is 10.2. The number of benzene rings is 1. The van der Waals surface area contributed by atoms with E-state index in [0.29, 0.717) is 6.07 Å². The molecule has 6 heteroatoms. The van der Waals surface area contributed by atoms with E-state index in [1.807, 2.05) is 0 Å². The molecule has 0 aliphatic carbocycles. The molecule has 0 aromatic heterocycles. The molecule has 88 valence electrons. The van der Waals surface area contributed by atoms with Crippen LogP contribution in [0.3, 0.4) is 0 Å². The Bertz CT molecular complexity index is 384. The van der Waals surface area contributed by atoms with Crippen LogP contribution < -0.4 is 16.4 Å². The number of carbonyl (C=O) groups excluding carboxylic acids is 1. The van der Waals surface area contributed by atoms with Gasteiger partial charge in [0, 0.05) is 12.1 Å². The van der Waals surface area contributed by atoms with Gasteiger partial charge in [-0.3, -0.25) is 0 Å². The van der Waals surface area contributed by atoms with E-state index in [9.17, 15) is 13.6 Å². The van der Waals surface area contributed by atoms with Crippen molar-refractivity contribution in [2.75, 3.05) is 11.1 Å². The van der Waals surface area contributed by atoms with Crippen LogP contribution >= 0.6 is 0 Å². The molecule has 0 saturated heterocycles. The third kappa shape index (κ3) is 3.08. The van der Waals surface area contributed by atoms with Crippen LogP contribution in [0.5, 0.6) is 0 Å². The Morgan fingerprint density at radius 3 is 2.50 bits per heavy atom. The van der Waals surface area contributed by atoms with Gasteiger partial charge in [-0.25, -0.2) is 13.6 Å². The van der Waals surface area contributed by atoms with Crippen LogP contribution in [0.15, 0.2) is 12.1 Å². The summed E-state index contributed by atoms with van der Waals surface area (Å²) in [6.07, 6.45) is 0. The second-order valence-electron chi connectivity index (χ2n) is 3.61. The number of nitrogens with one attached hydrogen (secondary N) is 2. The average Bonchev–Trinajstić information content (AvgIpc) is 2.09. The van der Waals surface area contributed by atoms with Gasteiger partial charge < -0.3 is 16.4 Å². The van der Waals surface area contributed by atoms with Gasteiger partial charge >= 0.3 is 6.03 Å². The van der Waals surface area contributed by atoms with Gasteiger partial charge in [0.15, 0.2) is 5.82 Å². The zero-order valence-corrected chi connectivity index (χ0v) is 8.97. The first-order valence-electron chi connectivity index (χ1n) is 4.72. The van der Waals surface area contributed by atoms with E-state index in [-0.39, 0.29) is 17.4 Å². The number of rotatable bonds is 2. The van der Waals surface area contributed by atoms with Crippen molar-refractivity contribution in [3.8, 4) is 0 Å². The summed E-state index contributed by atoms with van der Waals surface area (Å²) in [4.78, 5) is 11.3. The fourth-order valence-corrected chi connectivity index (χ4v) is 1.14. The second kappa shape index (κ2) is 4.78. The summed E-state index contributed by atoms with van der Waals surface area (Å²) in [6.45, 7) is 3.51. The summed E-state index contributed by atoms with van der Waals surface area (Å²) < 4.78 is 26.0. The number of amides is 2. The average molecular weight is 229 g/mol. The fourth-order valence-electron chi connectivity index (χ4n) is 1.14. The normalized spacial score (nSPS) is 10.3. The Hall–Kier alpha value is -1.85. The van der Waals surface area contributed by atoms with Crippen LogP contribution in [0.1, 0.15) is 13.8 Å². The molecule has 4 N–H and O–H groups in total. The van der Waals surface area contributed by atoms with Crippen LogP contribution in [0, 0.1) is 11.6 Å². The van der Waals surface area contributed by atoms with E-state index >= 15 is 0 Å². The molecule has 0 unspecified atom stereocenters. The Morgan fingerprint density at radius 1 is 1.38 bits per heavy atom. The highest BCUT2D eigenvalue weighted by Gasteiger charge is 2.12.